The number of nitrogens with one attached hydrogen (secondary N) is 1. The van der Waals surface area contributed by atoms with Gasteiger partial charge in [-0.25, -0.2) is 0 Å². The van der Waals surface area contributed by atoms with Gasteiger partial charge in [0.25, 0.3) is 0 Å². The molecule has 3 nitrogen and oxygen atoms in total. The van der Waals surface area contributed by atoms with Crippen LogP contribution in [0.2, 0.25) is 0 Å². The maximum absolute atomic E-state index is 5.25. The van der Waals surface area contributed by atoms with Crippen LogP contribution in [0.25, 0.3) is 0 Å². The Morgan fingerprint density at radius 1 is 1.20 bits per heavy atom. The summed E-state index contributed by atoms with van der Waals surface area (Å²) in [6, 6.07) is 12.5. The number of thiophene rings is 1. The molecule has 108 valence electrons. The third kappa shape index (κ3) is 4.54. The molecule has 0 fully saturated rings. The molecule has 0 saturated heterocycles. The number of methoxy groups -OCH3 is 1. The first-order valence-electron chi connectivity index (χ1n) is 6.88. The van der Waals surface area contributed by atoms with E-state index in [1.54, 1.807) is 7.11 Å². The molecule has 0 aliphatic heterocycles. The molecule has 1 aromatic heterocycles. The molecular weight excluding hydrogens is 268 g/mol. The quantitative estimate of drug-likeness (QED) is 0.756. The smallest absolute Gasteiger partial charge is 0.120 e. The van der Waals surface area contributed by atoms with E-state index in [4.69, 9.17) is 4.74 Å². The van der Waals surface area contributed by atoms with Crippen LogP contribution in [0.3, 0.4) is 0 Å². The zero-order valence-corrected chi connectivity index (χ0v) is 13.0. The lowest BCUT2D eigenvalue weighted by Gasteiger charge is -2.20. The van der Waals surface area contributed by atoms with Gasteiger partial charge in [0.15, 0.2) is 0 Å². The third-order valence-electron chi connectivity index (χ3n) is 3.25. The molecule has 2 rings (SSSR count). The molecule has 0 aliphatic rings. The summed E-state index contributed by atoms with van der Waals surface area (Å²) in [7, 11) is 3.81. The highest BCUT2D eigenvalue weighted by atomic mass is 32.1. The number of likely N-dealkylation sites (N-methyl/N-ethyl adjacent to an activating group) is 1. The van der Waals surface area contributed by atoms with Crippen LogP contribution in [0.5, 0.6) is 5.75 Å². The molecule has 0 saturated carbocycles. The predicted molar refractivity (Wildman–Crippen MR) is 87.2 cm³/mol. The van der Waals surface area contributed by atoms with Gasteiger partial charge in [-0.1, -0.05) is 12.1 Å². The van der Waals surface area contributed by atoms with Crippen LogP contribution in [0.1, 0.15) is 4.88 Å². The minimum absolute atomic E-state index is 0.903. The average molecular weight is 290 g/mol. The second kappa shape index (κ2) is 7.92. The number of nitrogens with zero attached hydrogens (tertiary/aromatic N) is 1. The van der Waals surface area contributed by atoms with Crippen molar-refractivity contribution < 1.29 is 4.74 Å². The topological polar surface area (TPSA) is 24.5 Å². The van der Waals surface area contributed by atoms with Crippen LogP contribution in [0.15, 0.2) is 41.8 Å². The molecule has 1 heterocycles. The van der Waals surface area contributed by atoms with E-state index in [-0.39, 0.29) is 0 Å². The van der Waals surface area contributed by atoms with Gasteiger partial charge in [-0.15, -0.1) is 11.3 Å². The molecule has 0 spiro atoms. The van der Waals surface area contributed by atoms with Crippen molar-refractivity contribution in [3.63, 3.8) is 0 Å². The van der Waals surface area contributed by atoms with Gasteiger partial charge in [0, 0.05) is 43.3 Å². The second-order valence-corrected chi connectivity index (χ2v) is 5.73. The lowest BCUT2D eigenvalue weighted by Crippen LogP contribution is -2.30. The Hall–Kier alpha value is -1.52. The molecule has 0 bridgehead atoms. The maximum atomic E-state index is 5.25. The maximum Gasteiger partial charge on any atom is 0.120 e. The minimum atomic E-state index is 0.903. The van der Waals surface area contributed by atoms with Gasteiger partial charge >= 0.3 is 0 Å². The first-order chi connectivity index (χ1) is 9.79. The van der Waals surface area contributed by atoms with Crippen LogP contribution < -0.4 is 15.0 Å². The largest absolute Gasteiger partial charge is 0.497 e. The van der Waals surface area contributed by atoms with Gasteiger partial charge < -0.3 is 15.0 Å². The SMILES string of the molecule is COc1cccc(N(C)CCNCCc2cccs2)c1. The standard InChI is InChI=1S/C16H22N2OS/c1-18(14-5-3-6-15(13-14)19-2)11-10-17-9-8-16-7-4-12-20-16/h3-7,12-13,17H,8-11H2,1-2H3. The summed E-state index contributed by atoms with van der Waals surface area (Å²) in [6.07, 6.45) is 1.11. The first-order valence-corrected chi connectivity index (χ1v) is 7.76. The number of hydrogen-bond acceptors (Lipinski definition) is 4. The molecule has 2 aromatic rings. The Labute approximate surface area is 125 Å². The lowest BCUT2D eigenvalue weighted by atomic mass is 10.3. The summed E-state index contributed by atoms with van der Waals surface area (Å²) in [5.74, 6) is 0.903. The normalized spacial score (nSPS) is 10.5. The molecule has 0 amide bonds. The van der Waals surface area contributed by atoms with Crippen LogP contribution >= 0.6 is 11.3 Å². The average Bonchev–Trinajstić information content (AvgIpc) is 3.00. The molecule has 1 N–H and O–H groups in total. The van der Waals surface area contributed by atoms with Crippen LogP contribution in [-0.4, -0.2) is 33.8 Å². The van der Waals surface area contributed by atoms with Crippen LogP contribution in [-0.2, 0) is 6.42 Å². The molecule has 0 atom stereocenters. The van der Waals surface area contributed by atoms with Gasteiger partial charge in [0.1, 0.15) is 5.75 Å². The summed E-state index contributed by atoms with van der Waals surface area (Å²) in [6.45, 7) is 3.00. The van der Waals surface area contributed by atoms with Gasteiger partial charge in [-0.05, 0) is 30.0 Å². The van der Waals surface area contributed by atoms with Crippen molar-refractivity contribution in [3.05, 3.63) is 46.7 Å². The van der Waals surface area contributed by atoms with Crippen molar-refractivity contribution in [1.29, 1.82) is 0 Å². The number of benzene rings is 1. The summed E-state index contributed by atoms with van der Waals surface area (Å²) in [5, 5.41) is 5.62. The highest BCUT2D eigenvalue weighted by molar-refractivity contribution is 7.09. The molecular formula is C16H22N2OS. The fourth-order valence-electron chi connectivity index (χ4n) is 2.02. The van der Waals surface area contributed by atoms with Crippen molar-refractivity contribution in [2.24, 2.45) is 0 Å². The highest BCUT2D eigenvalue weighted by Gasteiger charge is 2.01. The van der Waals surface area contributed by atoms with Crippen LogP contribution in [0, 0.1) is 0 Å². The van der Waals surface area contributed by atoms with E-state index in [0.717, 1.165) is 31.8 Å². The van der Waals surface area contributed by atoms with E-state index in [0.29, 0.717) is 0 Å². The fraction of sp³-hybridized carbons (Fsp3) is 0.375. The molecule has 0 aliphatic carbocycles. The van der Waals surface area contributed by atoms with E-state index in [2.05, 4.69) is 46.9 Å². The van der Waals surface area contributed by atoms with E-state index in [1.807, 2.05) is 23.5 Å². The highest BCUT2D eigenvalue weighted by Crippen LogP contribution is 2.19. The fourth-order valence-corrected chi connectivity index (χ4v) is 2.72. The summed E-state index contributed by atoms with van der Waals surface area (Å²) >= 11 is 1.82. The van der Waals surface area contributed by atoms with Crippen LogP contribution in [0.4, 0.5) is 5.69 Å². The molecule has 0 radical (unpaired) electrons. The van der Waals surface area contributed by atoms with Crippen molar-refractivity contribution in [3.8, 4) is 5.75 Å². The monoisotopic (exact) mass is 290 g/mol. The van der Waals surface area contributed by atoms with Gasteiger partial charge in [-0.2, -0.15) is 0 Å². The zero-order valence-electron chi connectivity index (χ0n) is 12.1. The first kappa shape index (κ1) is 14.9. The minimum Gasteiger partial charge on any atom is -0.497 e. The van der Waals surface area contributed by atoms with Crippen molar-refractivity contribution in [2.45, 2.75) is 6.42 Å². The third-order valence-corrected chi connectivity index (χ3v) is 4.18. The van der Waals surface area contributed by atoms with E-state index in [1.165, 1.54) is 10.6 Å². The van der Waals surface area contributed by atoms with Crippen molar-refractivity contribution >= 4 is 17.0 Å². The Bertz CT molecular complexity index is 499. The molecule has 1 aromatic carbocycles. The Morgan fingerprint density at radius 3 is 2.85 bits per heavy atom. The van der Waals surface area contributed by atoms with Gasteiger partial charge in [0.05, 0.1) is 7.11 Å². The summed E-state index contributed by atoms with van der Waals surface area (Å²) < 4.78 is 5.25. The summed E-state index contributed by atoms with van der Waals surface area (Å²) in [4.78, 5) is 3.68. The Morgan fingerprint density at radius 2 is 2.10 bits per heavy atom. The Balaban J connectivity index is 1.68. The number of rotatable bonds is 8. The number of hydrogen-bond donors (Lipinski definition) is 1. The Kier molecular flexibility index (Phi) is 5.89. The summed E-state index contributed by atoms with van der Waals surface area (Å²) in [5.41, 5.74) is 1.18. The molecule has 0 unspecified atom stereocenters. The van der Waals surface area contributed by atoms with E-state index < -0.39 is 0 Å². The van der Waals surface area contributed by atoms with Gasteiger partial charge in [-0.3, -0.25) is 0 Å². The second-order valence-electron chi connectivity index (χ2n) is 4.70. The lowest BCUT2D eigenvalue weighted by molar-refractivity contribution is 0.415. The number of anilines is 1. The molecule has 20 heavy (non-hydrogen) atoms. The molecule has 4 heteroatoms. The zero-order chi connectivity index (χ0) is 14.2. The number of ether oxygens (including phenoxy) is 1. The predicted octanol–water partition coefficient (Wildman–Crippen LogP) is 3.03. The van der Waals surface area contributed by atoms with Crippen molar-refractivity contribution in [2.75, 3.05) is 38.7 Å². The van der Waals surface area contributed by atoms with Gasteiger partial charge in [0.2, 0.25) is 0 Å². The van der Waals surface area contributed by atoms with E-state index in [9.17, 15) is 0 Å². The van der Waals surface area contributed by atoms with Crippen molar-refractivity contribution in [1.82, 2.24) is 5.32 Å². The van der Waals surface area contributed by atoms with E-state index >= 15 is 0 Å².